The Morgan fingerprint density at radius 1 is 1.35 bits per heavy atom. The minimum atomic E-state index is 0.307. The second kappa shape index (κ2) is 6.01. The molecular weight excluding hydrogens is 276 g/mol. The Morgan fingerprint density at radius 3 is 2.88 bits per heavy atom. The maximum absolute atomic E-state index is 5.94. The number of ether oxygens (including phenoxy) is 1. The van der Waals surface area contributed by atoms with Crippen LogP contribution in [0.2, 0.25) is 0 Å². The quantitative estimate of drug-likeness (QED) is 0.743. The first-order valence-corrected chi connectivity index (χ1v) is 7.42. The van der Waals surface area contributed by atoms with Gasteiger partial charge in [0.25, 0.3) is 0 Å². The molecule has 1 aromatic carbocycles. The normalized spacial score (nSPS) is 22.9. The van der Waals surface area contributed by atoms with E-state index in [1.165, 1.54) is 17.5 Å². The topological polar surface area (TPSA) is 9.23 Å². The summed E-state index contributed by atoms with van der Waals surface area (Å²) in [5, 5.41) is 0. The van der Waals surface area contributed by atoms with Gasteiger partial charge in [-0.3, -0.25) is 0 Å². The van der Waals surface area contributed by atoms with Crippen molar-refractivity contribution in [2.75, 3.05) is 6.61 Å². The summed E-state index contributed by atoms with van der Waals surface area (Å²) >= 11 is 3.63. The highest BCUT2D eigenvalue weighted by atomic mass is 79.9. The number of fused-ring (bicyclic) bond motifs is 1. The van der Waals surface area contributed by atoms with E-state index < -0.39 is 0 Å². The molecule has 1 heterocycles. The zero-order valence-electron chi connectivity index (χ0n) is 10.7. The molecule has 1 aromatic rings. The second-order valence-electron chi connectivity index (χ2n) is 5.17. The molecule has 0 saturated heterocycles. The lowest BCUT2D eigenvalue weighted by atomic mass is 9.90. The van der Waals surface area contributed by atoms with E-state index in [4.69, 9.17) is 4.74 Å². The van der Waals surface area contributed by atoms with Gasteiger partial charge in [0.2, 0.25) is 0 Å². The fraction of sp³-hybridized carbons (Fsp3) is 0.600. The molecule has 0 fully saturated rings. The lowest BCUT2D eigenvalue weighted by Gasteiger charge is -2.28. The van der Waals surface area contributed by atoms with Crippen molar-refractivity contribution in [3.05, 3.63) is 35.4 Å². The van der Waals surface area contributed by atoms with Gasteiger partial charge in [-0.15, -0.1) is 0 Å². The van der Waals surface area contributed by atoms with E-state index in [1.807, 2.05) is 0 Å². The maximum atomic E-state index is 5.94. The van der Waals surface area contributed by atoms with Gasteiger partial charge >= 0.3 is 0 Å². The van der Waals surface area contributed by atoms with Gasteiger partial charge in [-0.25, -0.2) is 0 Å². The zero-order valence-corrected chi connectivity index (χ0v) is 12.2. The maximum Gasteiger partial charge on any atom is 0.0830 e. The highest BCUT2D eigenvalue weighted by molar-refractivity contribution is 9.09. The molecule has 3 atom stereocenters. The Morgan fingerprint density at radius 2 is 2.12 bits per heavy atom. The summed E-state index contributed by atoms with van der Waals surface area (Å²) in [5.74, 6) is 0.695. The first-order valence-electron chi connectivity index (χ1n) is 6.50. The van der Waals surface area contributed by atoms with Crippen LogP contribution in [0.4, 0.5) is 0 Å². The Bertz CT molecular complexity index is 362. The molecular formula is C15H21BrO. The molecule has 3 unspecified atom stereocenters. The van der Waals surface area contributed by atoms with Gasteiger partial charge in [0.1, 0.15) is 0 Å². The van der Waals surface area contributed by atoms with E-state index in [0.717, 1.165) is 19.4 Å². The van der Waals surface area contributed by atoms with Crippen LogP contribution in [0.3, 0.4) is 0 Å². The Labute approximate surface area is 113 Å². The van der Waals surface area contributed by atoms with E-state index in [0.29, 0.717) is 16.8 Å². The van der Waals surface area contributed by atoms with Crippen LogP contribution >= 0.6 is 15.9 Å². The van der Waals surface area contributed by atoms with E-state index in [9.17, 15) is 0 Å². The van der Waals surface area contributed by atoms with Crippen LogP contribution in [0.25, 0.3) is 0 Å². The van der Waals surface area contributed by atoms with Gasteiger partial charge in [-0.2, -0.15) is 0 Å². The second-order valence-corrected chi connectivity index (χ2v) is 6.73. The minimum absolute atomic E-state index is 0.307. The Kier molecular flexibility index (Phi) is 4.63. The zero-order chi connectivity index (χ0) is 12.3. The van der Waals surface area contributed by atoms with Crippen LogP contribution in [0.1, 0.15) is 43.9 Å². The Hall–Kier alpha value is -0.340. The van der Waals surface area contributed by atoms with Crippen LogP contribution in [0.5, 0.6) is 0 Å². The summed E-state index contributed by atoms with van der Waals surface area (Å²) < 4.78 is 5.94. The summed E-state index contributed by atoms with van der Waals surface area (Å²) in [7, 11) is 0. The number of benzene rings is 1. The summed E-state index contributed by atoms with van der Waals surface area (Å²) in [5.41, 5.74) is 2.88. The first kappa shape index (κ1) is 13.1. The molecule has 17 heavy (non-hydrogen) atoms. The van der Waals surface area contributed by atoms with Gasteiger partial charge in [0.15, 0.2) is 0 Å². The van der Waals surface area contributed by atoms with E-state index >= 15 is 0 Å². The van der Waals surface area contributed by atoms with E-state index in [-0.39, 0.29) is 0 Å². The molecule has 0 bridgehead atoms. The lowest BCUT2D eigenvalue weighted by Crippen LogP contribution is -2.19. The summed E-state index contributed by atoms with van der Waals surface area (Å²) in [4.78, 5) is 0.594. The highest BCUT2D eigenvalue weighted by Crippen LogP contribution is 2.33. The molecule has 2 rings (SSSR count). The molecule has 1 aliphatic heterocycles. The first-order chi connectivity index (χ1) is 8.16. The predicted molar refractivity (Wildman–Crippen MR) is 75.6 cm³/mol. The van der Waals surface area contributed by atoms with Gasteiger partial charge in [-0.1, -0.05) is 54.0 Å². The summed E-state index contributed by atoms with van der Waals surface area (Å²) in [6.45, 7) is 5.41. The smallest absolute Gasteiger partial charge is 0.0830 e. The fourth-order valence-electron chi connectivity index (χ4n) is 2.69. The Balaban J connectivity index is 2.03. The minimum Gasteiger partial charge on any atom is -0.373 e. The van der Waals surface area contributed by atoms with Crippen LogP contribution in [0.15, 0.2) is 24.3 Å². The van der Waals surface area contributed by atoms with Gasteiger partial charge in [0.05, 0.1) is 12.7 Å². The molecule has 1 nitrogen and oxygen atoms in total. The van der Waals surface area contributed by atoms with Gasteiger partial charge in [-0.05, 0) is 36.3 Å². The molecule has 0 amide bonds. The molecule has 0 saturated carbocycles. The largest absolute Gasteiger partial charge is 0.373 e. The third kappa shape index (κ3) is 3.56. The molecule has 0 aromatic heterocycles. The van der Waals surface area contributed by atoms with Crippen molar-refractivity contribution in [3.8, 4) is 0 Å². The van der Waals surface area contributed by atoms with Crippen LogP contribution in [0, 0.1) is 5.92 Å². The average molecular weight is 297 g/mol. The predicted octanol–water partition coefficient (Wildman–Crippen LogP) is 4.50. The molecule has 0 N–H and O–H groups in total. The lowest BCUT2D eigenvalue weighted by molar-refractivity contribution is 0.0262. The van der Waals surface area contributed by atoms with Crippen molar-refractivity contribution in [1.82, 2.24) is 0 Å². The third-order valence-electron chi connectivity index (χ3n) is 3.44. The standard InChI is InChI=1S/C15H21BrO/c1-11(9-12(2)16)10-15-14-6-4-3-5-13(14)7-8-17-15/h3-6,11-12,15H,7-10H2,1-2H3. The molecule has 94 valence electrons. The number of halogens is 1. The molecule has 1 aliphatic rings. The summed E-state index contributed by atoms with van der Waals surface area (Å²) in [6.07, 6.45) is 3.71. The van der Waals surface area contributed by atoms with Gasteiger partial charge in [0, 0.05) is 4.83 Å². The number of hydrogen-bond acceptors (Lipinski definition) is 1. The van der Waals surface area contributed by atoms with Crippen molar-refractivity contribution in [2.24, 2.45) is 5.92 Å². The molecule has 0 aliphatic carbocycles. The van der Waals surface area contributed by atoms with E-state index in [2.05, 4.69) is 54.0 Å². The third-order valence-corrected chi connectivity index (χ3v) is 3.81. The SMILES string of the molecule is CC(Br)CC(C)CC1OCCc2ccccc21. The van der Waals surface area contributed by atoms with Crippen LogP contribution in [-0.2, 0) is 11.2 Å². The van der Waals surface area contributed by atoms with Crippen molar-refractivity contribution < 1.29 is 4.74 Å². The van der Waals surface area contributed by atoms with E-state index in [1.54, 1.807) is 0 Å². The number of hydrogen-bond donors (Lipinski definition) is 0. The number of rotatable bonds is 4. The molecule has 2 heteroatoms. The van der Waals surface area contributed by atoms with Crippen molar-refractivity contribution >= 4 is 15.9 Å². The van der Waals surface area contributed by atoms with Crippen LogP contribution in [-0.4, -0.2) is 11.4 Å². The number of alkyl halides is 1. The average Bonchev–Trinajstić information content (AvgIpc) is 2.28. The monoisotopic (exact) mass is 296 g/mol. The van der Waals surface area contributed by atoms with Crippen LogP contribution < -0.4 is 0 Å². The van der Waals surface area contributed by atoms with Crippen molar-refractivity contribution in [2.45, 2.75) is 44.0 Å². The van der Waals surface area contributed by atoms with Crippen molar-refractivity contribution in [1.29, 1.82) is 0 Å². The highest BCUT2D eigenvalue weighted by Gasteiger charge is 2.22. The summed E-state index contributed by atoms with van der Waals surface area (Å²) in [6, 6.07) is 8.72. The molecule has 0 spiro atoms. The van der Waals surface area contributed by atoms with Crippen molar-refractivity contribution in [3.63, 3.8) is 0 Å². The molecule has 0 radical (unpaired) electrons. The fourth-order valence-corrected chi connectivity index (χ4v) is 3.33. The van der Waals surface area contributed by atoms with Gasteiger partial charge < -0.3 is 4.74 Å².